The fraction of sp³-hybridized carbons (Fsp3) is 0.484. The predicted octanol–water partition coefficient (Wildman–Crippen LogP) is 3.19. The first-order valence-electron chi connectivity index (χ1n) is 14.8. The number of hydrogen-bond acceptors (Lipinski definition) is 9. The zero-order valence-electron chi connectivity index (χ0n) is 23.7. The van der Waals surface area contributed by atoms with Gasteiger partial charge in [-0.2, -0.15) is 9.97 Å². The number of aliphatic hydroxyl groups excluding tert-OH is 1. The maximum atomic E-state index is 14.8. The second-order valence-corrected chi connectivity index (χ2v) is 12.0. The van der Waals surface area contributed by atoms with Crippen LogP contribution in [0.4, 0.5) is 26.1 Å². The monoisotopic (exact) mass is 589 g/mol. The molecule has 4 aliphatic rings. The van der Waals surface area contributed by atoms with Crippen molar-refractivity contribution < 1.29 is 23.4 Å². The van der Waals surface area contributed by atoms with Crippen LogP contribution in [-0.2, 0) is 6.54 Å². The second-order valence-electron chi connectivity index (χ2n) is 12.0. The van der Waals surface area contributed by atoms with Crippen molar-refractivity contribution in [2.24, 2.45) is 0 Å². The van der Waals surface area contributed by atoms with Gasteiger partial charge < -0.3 is 25.4 Å². The summed E-state index contributed by atoms with van der Waals surface area (Å²) >= 11 is 0. The minimum atomic E-state index is -0.893. The van der Waals surface area contributed by atoms with Gasteiger partial charge >= 0.3 is 6.01 Å². The third-order valence-corrected chi connectivity index (χ3v) is 9.30. The van der Waals surface area contributed by atoms with Crippen molar-refractivity contribution in [3.05, 3.63) is 40.8 Å². The molecule has 1 aromatic carbocycles. The Morgan fingerprint density at radius 2 is 2.05 bits per heavy atom. The Kier molecular flexibility index (Phi) is 6.82. The van der Waals surface area contributed by atoms with Gasteiger partial charge in [-0.25, -0.2) is 13.8 Å². The van der Waals surface area contributed by atoms with Crippen LogP contribution in [0, 0.1) is 18.2 Å². The lowest BCUT2D eigenvalue weighted by Gasteiger charge is -2.31. The number of nitrogens with zero attached hydrogens (tertiary/aromatic N) is 6. The third-order valence-electron chi connectivity index (χ3n) is 9.30. The molecule has 6 heterocycles. The highest BCUT2D eigenvalue weighted by Crippen LogP contribution is 2.42. The second kappa shape index (κ2) is 10.6. The van der Waals surface area contributed by atoms with E-state index in [1.807, 2.05) is 4.90 Å². The van der Waals surface area contributed by atoms with E-state index in [2.05, 4.69) is 20.8 Å². The number of terminal acetylenes is 1. The van der Waals surface area contributed by atoms with Crippen molar-refractivity contribution in [1.29, 1.82) is 0 Å². The Hall–Kier alpha value is -4.08. The van der Waals surface area contributed by atoms with Gasteiger partial charge in [0.15, 0.2) is 0 Å². The molecule has 0 aliphatic carbocycles. The third kappa shape index (κ3) is 4.71. The number of halogens is 2. The van der Waals surface area contributed by atoms with Crippen molar-refractivity contribution in [3.63, 3.8) is 0 Å². The predicted molar refractivity (Wildman–Crippen MR) is 157 cm³/mol. The Bertz CT molecular complexity index is 1660. The van der Waals surface area contributed by atoms with E-state index >= 15 is 0 Å². The SMILES string of the molecule is C#Cc1c(F)ccc2nc(N)cc(N3Cc4nc(OC[C@@]56CCCN5C[C@H](F)C6)nc(N5CCC[C@H](O)CC5)c4C3=O)c12. The van der Waals surface area contributed by atoms with Gasteiger partial charge in [0.25, 0.3) is 5.91 Å². The highest BCUT2D eigenvalue weighted by atomic mass is 19.1. The van der Waals surface area contributed by atoms with Crippen LogP contribution in [0.1, 0.15) is 60.1 Å². The van der Waals surface area contributed by atoms with Crippen LogP contribution in [0.3, 0.4) is 0 Å². The molecule has 3 saturated heterocycles. The standard InChI is InChI=1S/C31H33F2N7O3/c1-2-20-21(33)6-7-22-26(20)24(13-25(34)35-22)40-16-23-27(29(40)42)28(38-10-3-5-19(41)8-12-38)37-30(36-23)43-17-31-9-4-11-39(31)15-18(32)14-31/h1,6-7,13,18-19,41H,3-5,8-12,14-17H2,(H2,34,35)/t18-,19+,31+/m1/s1. The number of pyridine rings is 1. The summed E-state index contributed by atoms with van der Waals surface area (Å²) in [6.07, 6.45) is 8.49. The molecule has 0 spiro atoms. The number of amides is 1. The number of ether oxygens (including phenoxy) is 1. The van der Waals surface area contributed by atoms with Crippen molar-refractivity contribution in [2.45, 2.75) is 62.9 Å². The maximum absolute atomic E-state index is 14.8. The Morgan fingerprint density at radius 1 is 1.19 bits per heavy atom. The van der Waals surface area contributed by atoms with Gasteiger partial charge in [-0.05, 0) is 50.8 Å². The van der Waals surface area contributed by atoms with E-state index in [-0.39, 0.29) is 42.0 Å². The van der Waals surface area contributed by atoms with E-state index in [4.69, 9.17) is 21.9 Å². The Balaban J connectivity index is 1.29. The number of rotatable bonds is 5. The molecule has 3 aromatic rings. The van der Waals surface area contributed by atoms with E-state index in [1.54, 1.807) is 0 Å². The first-order valence-corrected chi connectivity index (χ1v) is 14.8. The van der Waals surface area contributed by atoms with Crippen LogP contribution < -0.4 is 20.3 Å². The zero-order chi connectivity index (χ0) is 29.9. The fourth-order valence-corrected chi connectivity index (χ4v) is 7.24. The lowest BCUT2D eigenvalue weighted by molar-refractivity contribution is 0.0996. The number of anilines is 3. The maximum Gasteiger partial charge on any atom is 0.318 e. The molecule has 0 bridgehead atoms. The minimum absolute atomic E-state index is 0.0105. The Morgan fingerprint density at radius 3 is 2.88 bits per heavy atom. The molecule has 3 atom stereocenters. The number of nitrogen functional groups attached to an aromatic ring is 1. The van der Waals surface area contributed by atoms with Gasteiger partial charge in [0.1, 0.15) is 35.8 Å². The quantitative estimate of drug-likeness (QED) is 0.432. The molecule has 3 N–H and O–H groups in total. The summed E-state index contributed by atoms with van der Waals surface area (Å²) in [6, 6.07) is 4.34. The van der Waals surface area contributed by atoms with Crippen molar-refractivity contribution in [2.75, 3.05) is 48.3 Å². The van der Waals surface area contributed by atoms with Crippen molar-refractivity contribution in [3.8, 4) is 18.4 Å². The molecular weight excluding hydrogens is 556 g/mol. The number of aromatic nitrogens is 3. The lowest BCUT2D eigenvalue weighted by Crippen LogP contribution is -2.43. The lowest BCUT2D eigenvalue weighted by atomic mass is 9.95. The fourth-order valence-electron chi connectivity index (χ4n) is 7.24. The Labute approximate surface area is 247 Å². The molecule has 7 rings (SSSR count). The van der Waals surface area contributed by atoms with Crippen LogP contribution >= 0.6 is 0 Å². The van der Waals surface area contributed by atoms with Crippen LogP contribution in [0.5, 0.6) is 6.01 Å². The van der Waals surface area contributed by atoms with Gasteiger partial charge in [-0.15, -0.1) is 6.42 Å². The number of carbonyl (C=O) groups is 1. The van der Waals surface area contributed by atoms with E-state index < -0.39 is 18.1 Å². The van der Waals surface area contributed by atoms with E-state index in [0.717, 1.165) is 25.8 Å². The number of fused-ring (bicyclic) bond motifs is 3. The first kappa shape index (κ1) is 27.7. The van der Waals surface area contributed by atoms with Gasteiger partial charge in [0, 0.05) is 37.5 Å². The summed E-state index contributed by atoms with van der Waals surface area (Å²) in [5, 5.41) is 10.6. The molecule has 4 aliphatic heterocycles. The van der Waals surface area contributed by atoms with E-state index in [0.29, 0.717) is 72.6 Å². The highest BCUT2D eigenvalue weighted by molar-refractivity contribution is 6.16. The summed E-state index contributed by atoms with van der Waals surface area (Å²) < 4.78 is 35.4. The molecule has 12 heteroatoms. The molecule has 224 valence electrons. The molecule has 43 heavy (non-hydrogen) atoms. The van der Waals surface area contributed by atoms with E-state index in [1.165, 1.54) is 23.1 Å². The van der Waals surface area contributed by atoms with Gasteiger partial charge in [0.2, 0.25) is 0 Å². The van der Waals surface area contributed by atoms with Gasteiger partial charge in [0.05, 0.1) is 40.6 Å². The molecule has 10 nitrogen and oxygen atoms in total. The van der Waals surface area contributed by atoms with E-state index in [9.17, 15) is 18.7 Å². The minimum Gasteiger partial charge on any atom is -0.461 e. The number of alkyl halides is 1. The molecule has 1 amide bonds. The van der Waals surface area contributed by atoms with Crippen LogP contribution in [0.25, 0.3) is 10.9 Å². The number of carbonyl (C=O) groups excluding carboxylic acids is 1. The summed E-state index contributed by atoms with van der Waals surface area (Å²) in [5.74, 6) is 2.00. The molecule has 3 fully saturated rings. The summed E-state index contributed by atoms with van der Waals surface area (Å²) in [7, 11) is 0. The number of nitrogens with two attached hydrogens (primary N) is 1. The topological polar surface area (TPSA) is 121 Å². The van der Waals surface area contributed by atoms with Crippen molar-refractivity contribution >= 4 is 34.1 Å². The van der Waals surface area contributed by atoms with Gasteiger partial charge in [-0.3, -0.25) is 9.69 Å². The van der Waals surface area contributed by atoms with Crippen LogP contribution in [0.15, 0.2) is 18.2 Å². The zero-order valence-corrected chi connectivity index (χ0v) is 23.7. The average Bonchev–Trinajstić information content (AvgIpc) is 3.56. The smallest absolute Gasteiger partial charge is 0.318 e. The summed E-state index contributed by atoms with van der Waals surface area (Å²) in [4.78, 5) is 33.6. The van der Waals surface area contributed by atoms with Gasteiger partial charge in [-0.1, -0.05) is 5.92 Å². The number of benzene rings is 1. The number of hydrogen-bond donors (Lipinski definition) is 2. The van der Waals surface area contributed by atoms with Crippen LogP contribution in [-0.4, -0.2) is 81.5 Å². The molecular formula is C31H33F2N7O3. The first-order chi connectivity index (χ1) is 20.8. The molecule has 2 aromatic heterocycles. The molecule has 0 saturated carbocycles. The van der Waals surface area contributed by atoms with Crippen LogP contribution in [0.2, 0.25) is 0 Å². The summed E-state index contributed by atoms with van der Waals surface area (Å²) in [5.41, 5.74) is 7.19. The normalized spacial score (nSPS) is 25.6. The van der Waals surface area contributed by atoms with Crippen molar-refractivity contribution in [1.82, 2.24) is 19.9 Å². The average molecular weight is 590 g/mol. The largest absolute Gasteiger partial charge is 0.461 e. The highest BCUT2D eigenvalue weighted by Gasteiger charge is 2.49. The molecule has 0 radical (unpaired) electrons. The molecule has 0 unspecified atom stereocenters. The summed E-state index contributed by atoms with van der Waals surface area (Å²) in [6.45, 7) is 2.63. The number of aliphatic hydroxyl groups is 1.